The van der Waals surface area contributed by atoms with Crippen LogP contribution < -0.4 is 5.32 Å². The molecule has 0 amide bonds. The fourth-order valence-corrected chi connectivity index (χ4v) is 2.57. The number of furan rings is 1. The second-order valence-electron chi connectivity index (χ2n) is 5.86. The van der Waals surface area contributed by atoms with Gasteiger partial charge in [0, 0.05) is 18.2 Å². The molecule has 1 N–H and O–H groups in total. The Morgan fingerprint density at radius 3 is 3.00 bits per heavy atom. The third-order valence-electron chi connectivity index (χ3n) is 3.74. The van der Waals surface area contributed by atoms with E-state index in [4.69, 9.17) is 4.42 Å². The molecule has 0 spiro atoms. The van der Waals surface area contributed by atoms with Crippen LogP contribution in [-0.4, -0.2) is 24.0 Å². The molecule has 1 fully saturated rings. The molecule has 102 valence electrons. The molecular formula is C15H26N2O. The summed E-state index contributed by atoms with van der Waals surface area (Å²) in [5, 5.41) is 3.49. The van der Waals surface area contributed by atoms with Crippen LogP contribution in [0.4, 0.5) is 0 Å². The van der Waals surface area contributed by atoms with E-state index in [2.05, 4.69) is 37.1 Å². The summed E-state index contributed by atoms with van der Waals surface area (Å²) < 4.78 is 5.65. The number of hydrogen-bond acceptors (Lipinski definition) is 3. The lowest BCUT2D eigenvalue weighted by Crippen LogP contribution is -2.27. The van der Waals surface area contributed by atoms with Gasteiger partial charge in [-0.2, -0.15) is 0 Å². The molecular weight excluding hydrogens is 224 g/mol. The van der Waals surface area contributed by atoms with Crippen LogP contribution >= 0.6 is 0 Å². The minimum absolute atomic E-state index is 0.693. The summed E-state index contributed by atoms with van der Waals surface area (Å²) in [5.74, 6) is 1.83. The highest BCUT2D eigenvalue weighted by molar-refractivity contribution is 5.17. The molecule has 1 aliphatic rings. The Balaban J connectivity index is 1.87. The number of nitrogens with zero attached hydrogens (tertiary/aromatic N) is 1. The van der Waals surface area contributed by atoms with Gasteiger partial charge in [-0.25, -0.2) is 0 Å². The summed E-state index contributed by atoms with van der Waals surface area (Å²) in [6.07, 6.45) is 4.47. The fraction of sp³-hybridized carbons (Fsp3) is 0.733. The normalized spacial score (nSPS) is 21.0. The first-order valence-electron chi connectivity index (χ1n) is 7.17. The minimum atomic E-state index is 0.693. The molecule has 18 heavy (non-hydrogen) atoms. The van der Waals surface area contributed by atoms with Gasteiger partial charge in [0.25, 0.3) is 0 Å². The molecule has 3 heteroatoms. The van der Waals surface area contributed by atoms with Gasteiger partial charge >= 0.3 is 0 Å². The van der Waals surface area contributed by atoms with Gasteiger partial charge in [0.1, 0.15) is 5.76 Å². The Kier molecular flexibility index (Phi) is 4.84. The summed E-state index contributed by atoms with van der Waals surface area (Å²) in [7, 11) is 0. The van der Waals surface area contributed by atoms with Crippen LogP contribution in [0.2, 0.25) is 0 Å². The first-order chi connectivity index (χ1) is 8.66. The molecule has 0 aliphatic carbocycles. The van der Waals surface area contributed by atoms with E-state index in [1.807, 2.05) is 6.26 Å². The maximum Gasteiger partial charge on any atom is 0.122 e. The molecule has 1 aliphatic heterocycles. The molecule has 1 saturated heterocycles. The number of hydrogen-bond donors (Lipinski definition) is 1. The monoisotopic (exact) mass is 250 g/mol. The third-order valence-corrected chi connectivity index (χ3v) is 3.74. The van der Waals surface area contributed by atoms with Gasteiger partial charge in [-0.1, -0.05) is 13.8 Å². The molecule has 0 aromatic carbocycles. The number of nitrogens with one attached hydrogen (secondary N) is 1. The van der Waals surface area contributed by atoms with Crippen LogP contribution in [0.25, 0.3) is 0 Å². The first kappa shape index (κ1) is 13.6. The topological polar surface area (TPSA) is 28.4 Å². The van der Waals surface area contributed by atoms with Crippen molar-refractivity contribution in [3.8, 4) is 0 Å². The fourth-order valence-electron chi connectivity index (χ4n) is 2.57. The Morgan fingerprint density at radius 1 is 1.50 bits per heavy atom. The molecule has 2 rings (SSSR count). The standard InChI is InChI=1S/C15H26N2O/c1-12(2)9-16-10-14-6-8-18-15(14)11-17-7-4-5-13(17)3/h6,8,12-13,16H,4-5,7,9-11H2,1-3H3. The zero-order valence-corrected chi connectivity index (χ0v) is 11.9. The summed E-state index contributed by atoms with van der Waals surface area (Å²) in [6.45, 7) is 10.9. The van der Waals surface area contributed by atoms with Gasteiger partial charge in [0.05, 0.1) is 12.8 Å². The van der Waals surface area contributed by atoms with Crippen LogP contribution in [0, 0.1) is 5.92 Å². The van der Waals surface area contributed by atoms with E-state index < -0.39 is 0 Å². The number of likely N-dealkylation sites (tertiary alicyclic amines) is 1. The van der Waals surface area contributed by atoms with E-state index in [1.165, 1.54) is 24.9 Å². The van der Waals surface area contributed by atoms with Crippen LogP contribution in [0.15, 0.2) is 16.7 Å². The molecule has 1 aromatic heterocycles. The zero-order valence-electron chi connectivity index (χ0n) is 11.9. The van der Waals surface area contributed by atoms with Gasteiger partial charge < -0.3 is 9.73 Å². The molecule has 2 heterocycles. The highest BCUT2D eigenvalue weighted by atomic mass is 16.3. The smallest absolute Gasteiger partial charge is 0.122 e. The molecule has 1 aromatic rings. The molecule has 1 unspecified atom stereocenters. The van der Waals surface area contributed by atoms with Crippen LogP contribution in [0.1, 0.15) is 44.9 Å². The van der Waals surface area contributed by atoms with Crippen LogP contribution in [-0.2, 0) is 13.1 Å². The summed E-state index contributed by atoms with van der Waals surface area (Å²) in [6, 6.07) is 2.80. The molecule has 1 atom stereocenters. The maximum atomic E-state index is 5.65. The molecule has 0 bridgehead atoms. The van der Waals surface area contributed by atoms with Crippen molar-refractivity contribution >= 4 is 0 Å². The lowest BCUT2D eigenvalue weighted by Gasteiger charge is -2.20. The largest absolute Gasteiger partial charge is 0.468 e. The Morgan fingerprint density at radius 2 is 2.33 bits per heavy atom. The second-order valence-corrected chi connectivity index (χ2v) is 5.86. The second kappa shape index (κ2) is 6.39. The minimum Gasteiger partial charge on any atom is -0.468 e. The van der Waals surface area contributed by atoms with Crippen molar-refractivity contribution in [2.45, 2.75) is 52.7 Å². The SMILES string of the molecule is CC(C)CNCc1ccoc1CN1CCCC1C. The van der Waals surface area contributed by atoms with Crippen LogP contribution in [0.3, 0.4) is 0 Å². The molecule has 3 nitrogen and oxygen atoms in total. The van der Waals surface area contributed by atoms with Gasteiger partial charge in [0.15, 0.2) is 0 Å². The van der Waals surface area contributed by atoms with Crippen molar-refractivity contribution in [2.75, 3.05) is 13.1 Å². The highest BCUT2D eigenvalue weighted by Gasteiger charge is 2.22. The van der Waals surface area contributed by atoms with Crippen LogP contribution in [0.5, 0.6) is 0 Å². The van der Waals surface area contributed by atoms with E-state index >= 15 is 0 Å². The van der Waals surface area contributed by atoms with E-state index in [9.17, 15) is 0 Å². The highest BCUT2D eigenvalue weighted by Crippen LogP contribution is 2.21. The van der Waals surface area contributed by atoms with Crippen molar-refractivity contribution in [2.24, 2.45) is 5.92 Å². The lowest BCUT2D eigenvalue weighted by molar-refractivity contribution is 0.237. The van der Waals surface area contributed by atoms with Crippen molar-refractivity contribution in [1.29, 1.82) is 0 Å². The average molecular weight is 250 g/mol. The quantitative estimate of drug-likeness (QED) is 0.841. The van der Waals surface area contributed by atoms with Gasteiger partial charge in [-0.3, -0.25) is 4.90 Å². The van der Waals surface area contributed by atoms with Gasteiger partial charge in [0.2, 0.25) is 0 Å². The Bertz CT molecular complexity index is 359. The molecule has 0 radical (unpaired) electrons. The molecule has 0 saturated carbocycles. The summed E-state index contributed by atoms with van der Waals surface area (Å²) in [5.41, 5.74) is 1.31. The zero-order chi connectivity index (χ0) is 13.0. The first-order valence-corrected chi connectivity index (χ1v) is 7.17. The van der Waals surface area contributed by atoms with Gasteiger partial charge in [-0.05, 0) is 44.8 Å². The van der Waals surface area contributed by atoms with E-state index in [-0.39, 0.29) is 0 Å². The maximum absolute atomic E-state index is 5.65. The number of rotatable bonds is 6. The average Bonchev–Trinajstić information content (AvgIpc) is 2.90. The summed E-state index contributed by atoms with van der Waals surface area (Å²) >= 11 is 0. The van der Waals surface area contributed by atoms with Gasteiger partial charge in [-0.15, -0.1) is 0 Å². The van der Waals surface area contributed by atoms with Crippen molar-refractivity contribution in [1.82, 2.24) is 10.2 Å². The summed E-state index contributed by atoms with van der Waals surface area (Å²) in [4.78, 5) is 2.52. The van der Waals surface area contributed by atoms with E-state index in [0.29, 0.717) is 12.0 Å². The van der Waals surface area contributed by atoms with E-state index in [1.54, 1.807) is 0 Å². The third kappa shape index (κ3) is 3.59. The van der Waals surface area contributed by atoms with Crippen molar-refractivity contribution < 1.29 is 4.42 Å². The van der Waals surface area contributed by atoms with Crippen molar-refractivity contribution in [3.05, 3.63) is 23.7 Å². The predicted octanol–water partition coefficient (Wildman–Crippen LogP) is 3.01. The Labute approximate surface area is 111 Å². The Hall–Kier alpha value is -0.800. The predicted molar refractivity (Wildman–Crippen MR) is 74.4 cm³/mol. The van der Waals surface area contributed by atoms with Crippen molar-refractivity contribution in [3.63, 3.8) is 0 Å². The lowest BCUT2D eigenvalue weighted by atomic mass is 10.2. The van der Waals surface area contributed by atoms with E-state index in [0.717, 1.165) is 25.4 Å².